The number of para-hydroxylation sites is 3. The zero-order valence-corrected chi connectivity index (χ0v) is 19.6. The van der Waals surface area contributed by atoms with E-state index < -0.39 is 6.04 Å². The van der Waals surface area contributed by atoms with Crippen molar-refractivity contribution in [3.05, 3.63) is 93.7 Å². The van der Waals surface area contributed by atoms with E-state index in [0.29, 0.717) is 16.4 Å². The number of halogens is 2. The Kier molecular flexibility index (Phi) is 6.67. The Hall–Kier alpha value is -3.35. The summed E-state index contributed by atoms with van der Waals surface area (Å²) < 4.78 is 1.82. The number of carbonyl (C=O) groups excluding carboxylic acids is 2. The molecule has 8 heteroatoms. The summed E-state index contributed by atoms with van der Waals surface area (Å²) in [5.41, 5.74) is 3.59. The smallest absolute Gasteiger partial charge is 0.253 e. The lowest BCUT2D eigenvalue weighted by Gasteiger charge is -2.17. The molecule has 0 radical (unpaired) electrons. The van der Waals surface area contributed by atoms with Crippen molar-refractivity contribution in [2.45, 2.75) is 26.4 Å². The second kappa shape index (κ2) is 9.65. The van der Waals surface area contributed by atoms with Gasteiger partial charge in [0, 0.05) is 10.7 Å². The molecule has 1 atom stereocenters. The van der Waals surface area contributed by atoms with Gasteiger partial charge in [-0.1, -0.05) is 53.5 Å². The number of aryl methyl sites for hydroxylation is 1. The number of nitrogens with zero attached hydrogens (tertiary/aromatic N) is 2. The van der Waals surface area contributed by atoms with Crippen molar-refractivity contribution in [2.24, 2.45) is 0 Å². The summed E-state index contributed by atoms with van der Waals surface area (Å²) in [7, 11) is 0. The van der Waals surface area contributed by atoms with Crippen molar-refractivity contribution in [1.82, 2.24) is 14.9 Å². The highest BCUT2D eigenvalue weighted by Crippen LogP contribution is 2.24. The minimum absolute atomic E-state index is 0.0477. The van der Waals surface area contributed by atoms with Crippen LogP contribution < -0.4 is 10.6 Å². The fourth-order valence-electron chi connectivity index (χ4n) is 3.65. The second-order valence-corrected chi connectivity index (χ2v) is 8.57. The topological polar surface area (TPSA) is 76.0 Å². The Bertz CT molecular complexity index is 1350. The maximum absolute atomic E-state index is 12.9. The van der Waals surface area contributed by atoms with Crippen molar-refractivity contribution in [3.8, 4) is 0 Å². The fourth-order valence-corrected chi connectivity index (χ4v) is 4.14. The first-order valence-corrected chi connectivity index (χ1v) is 11.2. The summed E-state index contributed by atoms with van der Waals surface area (Å²) in [6.45, 7) is 3.80. The van der Waals surface area contributed by atoms with E-state index in [4.69, 9.17) is 23.2 Å². The molecule has 0 aliphatic carbocycles. The molecule has 0 saturated heterocycles. The van der Waals surface area contributed by atoms with Crippen LogP contribution in [0.5, 0.6) is 0 Å². The van der Waals surface area contributed by atoms with Gasteiger partial charge in [-0.05, 0) is 55.8 Å². The zero-order chi connectivity index (χ0) is 23.5. The molecule has 4 aromatic rings. The normalized spacial score (nSPS) is 11.9. The van der Waals surface area contributed by atoms with E-state index in [0.717, 1.165) is 22.3 Å². The summed E-state index contributed by atoms with van der Waals surface area (Å²) in [5.74, 6) is 0.0229. The molecule has 0 unspecified atom stereocenters. The number of rotatable bonds is 6. The van der Waals surface area contributed by atoms with E-state index in [1.807, 2.05) is 66.9 Å². The molecule has 2 N–H and O–H groups in total. The molecular formula is C25H22Cl2N4O2. The monoisotopic (exact) mass is 480 g/mol. The van der Waals surface area contributed by atoms with Gasteiger partial charge in [0.25, 0.3) is 5.91 Å². The van der Waals surface area contributed by atoms with Gasteiger partial charge in [0.15, 0.2) is 0 Å². The predicted molar refractivity (Wildman–Crippen MR) is 132 cm³/mol. The molecule has 0 fully saturated rings. The van der Waals surface area contributed by atoms with Gasteiger partial charge in [0.2, 0.25) is 5.91 Å². The quantitative estimate of drug-likeness (QED) is 0.367. The number of fused-ring (bicyclic) bond motifs is 1. The minimum atomic E-state index is -0.483. The van der Waals surface area contributed by atoms with Crippen molar-refractivity contribution >= 4 is 51.7 Å². The first kappa shape index (κ1) is 22.8. The van der Waals surface area contributed by atoms with Crippen molar-refractivity contribution in [3.63, 3.8) is 0 Å². The van der Waals surface area contributed by atoms with Gasteiger partial charge < -0.3 is 15.2 Å². The Morgan fingerprint density at radius 2 is 1.76 bits per heavy atom. The highest BCUT2D eigenvalue weighted by Gasteiger charge is 2.21. The number of carbonyl (C=O) groups is 2. The lowest BCUT2D eigenvalue weighted by Crippen LogP contribution is -2.30. The third kappa shape index (κ3) is 5.02. The Balaban J connectivity index is 1.61. The summed E-state index contributed by atoms with van der Waals surface area (Å²) in [6, 6.07) is 19.4. The number of hydrogen-bond acceptors (Lipinski definition) is 3. The van der Waals surface area contributed by atoms with Gasteiger partial charge in [0.1, 0.15) is 12.4 Å². The largest absolute Gasteiger partial charge is 0.342 e. The predicted octanol–water partition coefficient (Wildman–Crippen LogP) is 5.78. The molecule has 1 heterocycles. The molecule has 0 bridgehead atoms. The van der Waals surface area contributed by atoms with E-state index in [2.05, 4.69) is 15.6 Å². The van der Waals surface area contributed by atoms with Gasteiger partial charge in [-0.2, -0.15) is 0 Å². The number of amides is 2. The molecule has 4 rings (SSSR count). The number of benzene rings is 3. The number of hydrogen-bond donors (Lipinski definition) is 2. The van der Waals surface area contributed by atoms with Crippen molar-refractivity contribution in [1.29, 1.82) is 0 Å². The minimum Gasteiger partial charge on any atom is -0.342 e. The van der Waals surface area contributed by atoms with E-state index >= 15 is 0 Å². The van der Waals surface area contributed by atoms with Crippen LogP contribution in [0.1, 0.15) is 34.7 Å². The third-order valence-corrected chi connectivity index (χ3v) is 5.86. The molecule has 0 spiro atoms. The molecule has 2 amide bonds. The summed E-state index contributed by atoms with van der Waals surface area (Å²) >= 11 is 12.1. The lowest BCUT2D eigenvalue weighted by molar-refractivity contribution is -0.116. The van der Waals surface area contributed by atoms with Crippen LogP contribution in [0.25, 0.3) is 11.0 Å². The van der Waals surface area contributed by atoms with Crippen LogP contribution in [-0.4, -0.2) is 21.4 Å². The summed E-state index contributed by atoms with van der Waals surface area (Å²) in [5, 5.41) is 6.59. The van der Waals surface area contributed by atoms with Crippen LogP contribution in [0.4, 0.5) is 5.69 Å². The first-order valence-electron chi connectivity index (χ1n) is 10.4. The van der Waals surface area contributed by atoms with Crippen LogP contribution >= 0.6 is 23.2 Å². The molecule has 3 aromatic carbocycles. The summed E-state index contributed by atoms with van der Waals surface area (Å²) in [6.07, 6.45) is 0. The Labute approximate surface area is 201 Å². The van der Waals surface area contributed by atoms with Crippen LogP contribution in [0.2, 0.25) is 10.0 Å². The summed E-state index contributed by atoms with van der Waals surface area (Å²) in [4.78, 5) is 30.4. The SMILES string of the molecule is Cc1ccccc1NC(=O)Cn1c([C@@H](C)NC(=O)c2ccc(Cl)cc2Cl)nc2ccccc21. The first-order chi connectivity index (χ1) is 15.8. The molecule has 0 aliphatic heterocycles. The van der Waals surface area contributed by atoms with Crippen LogP contribution in [-0.2, 0) is 11.3 Å². The second-order valence-electron chi connectivity index (χ2n) is 7.73. The lowest BCUT2D eigenvalue weighted by atomic mass is 10.2. The average molecular weight is 481 g/mol. The zero-order valence-electron chi connectivity index (χ0n) is 18.1. The Morgan fingerprint density at radius 1 is 1.03 bits per heavy atom. The molecular weight excluding hydrogens is 459 g/mol. The number of imidazole rings is 1. The highest BCUT2D eigenvalue weighted by molar-refractivity contribution is 6.36. The van der Waals surface area contributed by atoms with Gasteiger partial charge in [-0.25, -0.2) is 4.98 Å². The van der Waals surface area contributed by atoms with E-state index in [-0.39, 0.29) is 23.4 Å². The van der Waals surface area contributed by atoms with Gasteiger partial charge in [-0.3, -0.25) is 9.59 Å². The van der Waals surface area contributed by atoms with Crippen LogP contribution in [0, 0.1) is 6.92 Å². The molecule has 1 aromatic heterocycles. The van der Waals surface area contributed by atoms with Gasteiger partial charge >= 0.3 is 0 Å². The van der Waals surface area contributed by atoms with Crippen LogP contribution in [0.3, 0.4) is 0 Å². The molecule has 0 aliphatic rings. The molecule has 168 valence electrons. The average Bonchev–Trinajstić information content (AvgIpc) is 3.14. The third-order valence-electron chi connectivity index (χ3n) is 5.32. The fraction of sp³-hybridized carbons (Fsp3) is 0.160. The van der Waals surface area contributed by atoms with Crippen molar-refractivity contribution in [2.75, 3.05) is 5.32 Å². The molecule has 6 nitrogen and oxygen atoms in total. The molecule has 0 saturated carbocycles. The highest BCUT2D eigenvalue weighted by atomic mass is 35.5. The van der Waals surface area contributed by atoms with E-state index in [1.54, 1.807) is 12.1 Å². The van der Waals surface area contributed by atoms with E-state index in [1.165, 1.54) is 6.07 Å². The number of nitrogens with one attached hydrogen (secondary N) is 2. The Morgan fingerprint density at radius 3 is 2.52 bits per heavy atom. The van der Waals surface area contributed by atoms with Crippen molar-refractivity contribution < 1.29 is 9.59 Å². The number of aromatic nitrogens is 2. The number of anilines is 1. The van der Waals surface area contributed by atoms with Gasteiger partial charge in [0.05, 0.1) is 27.7 Å². The maximum Gasteiger partial charge on any atom is 0.253 e. The van der Waals surface area contributed by atoms with Gasteiger partial charge in [-0.15, -0.1) is 0 Å². The standard InChI is InChI=1S/C25H22Cl2N4O2/c1-15-7-3-4-8-20(15)29-23(32)14-31-22-10-6-5-9-21(22)30-24(31)16(2)28-25(33)18-12-11-17(26)13-19(18)27/h3-13,16H,14H2,1-2H3,(H,28,33)(H,29,32)/t16-/m1/s1. The van der Waals surface area contributed by atoms with E-state index in [9.17, 15) is 9.59 Å². The molecule has 33 heavy (non-hydrogen) atoms. The maximum atomic E-state index is 12.9. The van der Waals surface area contributed by atoms with Crippen LogP contribution in [0.15, 0.2) is 66.7 Å².